The molecule has 2 aliphatic heterocycles. The van der Waals surface area contributed by atoms with E-state index in [2.05, 4.69) is 0 Å². The Hall–Kier alpha value is -0.0400. The molecule has 2 fully saturated rings. The molecule has 0 saturated carbocycles. The maximum absolute atomic E-state index is 10.5. The lowest BCUT2D eigenvalue weighted by Crippen LogP contribution is -2.32. The smallest absolute Gasteiger partial charge is 0.369 e. The van der Waals surface area contributed by atoms with Crippen molar-refractivity contribution in [3.63, 3.8) is 0 Å². The van der Waals surface area contributed by atoms with Crippen molar-refractivity contribution >= 4 is 16.5 Å². The summed E-state index contributed by atoms with van der Waals surface area (Å²) in [7, 11) is -5.45. The minimum Gasteiger partial charge on any atom is -0.369 e. The topological polar surface area (TPSA) is 112 Å². The fourth-order valence-electron chi connectivity index (χ4n) is 1.84. The lowest BCUT2D eigenvalue weighted by molar-refractivity contribution is 0.0166. The van der Waals surface area contributed by atoms with Gasteiger partial charge < -0.3 is 9.47 Å². The highest BCUT2D eigenvalue weighted by Crippen LogP contribution is 2.36. The van der Waals surface area contributed by atoms with Crippen LogP contribution >= 0.6 is 16.5 Å². The van der Waals surface area contributed by atoms with Crippen LogP contribution in [-0.2, 0) is 27.7 Å². The molecule has 10 heteroatoms. The zero-order valence-corrected chi connectivity index (χ0v) is 9.75. The van der Waals surface area contributed by atoms with Gasteiger partial charge in [0.25, 0.3) is 0 Å². The van der Waals surface area contributed by atoms with Gasteiger partial charge in [0.2, 0.25) is 0 Å². The summed E-state index contributed by atoms with van der Waals surface area (Å²) in [5.41, 5.74) is 0. The van der Waals surface area contributed by atoms with Gasteiger partial charge in [0.05, 0.1) is 13.2 Å². The van der Waals surface area contributed by atoms with Crippen LogP contribution in [0.4, 0.5) is 0 Å². The van der Waals surface area contributed by atoms with E-state index in [0.29, 0.717) is 0 Å². The molecule has 0 aromatic rings. The predicted molar refractivity (Wildman–Crippen MR) is 48.9 cm³/mol. The van der Waals surface area contributed by atoms with Crippen LogP contribution in [0.2, 0.25) is 0 Å². The Labute approximate surface area is 92.4 Å². The van der Waals surface area contributed by atoms with Crippen molar-refractivity contribution < 1.29 is 37.4 Å². The first kappa shape index (κ1) is 12.4. The number of hydrogen-bond acceptors (Lipinski definition) is 6. The molecule has 2 N–H and O–H groups in total. The molecule has 16 heavy (non-hydrogen) atoms. The fourth-order valence-corrected chi connectivity index (χ4v) is 2.67. The van der Waals surface area contributed by atoms with E-state index in [1.54, 1.807) is 0 Å². The van der Waals surface area contributed by atoms with E-state index in [-0.39, 0.29) is 13.2 Å². The van der Waals surface area contributed by atoms with Crippen LogP contribution in [0.15, 0.2) is 0 Å². The van der Waals surface area contributed by atoms with Gasteiger partial charge in [-0.05, 0) is 0 Å². The third kappa shape index (κ3) is 2.61. The predicted octanol–water partition coefficient (Wildman–Crippen LogP) is -0.146. The van der Waals surface area contributed by atoms with E-state index in [4.69, 9.17) is 28.3 Å². The summed E-state index contributed by atoms with van der Waals surface area (Å²) >= 11 is 0. The van der Waals surface area contributed by atoms with E-state index in [1.165, 1.54) is 0 Å². The molecule has 5 unspecified atom stereocenters. The van der Waals surface area contributed by atoms with Gasteiger partial charge >= 0.3 is 16.5 Å². The molecular formula is C6H10O8P2+2. The summed E-state index contributed by atoms with van der Waals surface area (Å²) in [6.07, 6.45) is -2.37. The Balaban J connectivity index is 1.95. The molecule has 0 aromatic heterocycles. The molecule has 2 rings (SSSR count). The van der Waals surface area contributed by atoms with Gasteiger partial charge in [-0.1, -0.05) is 0 Å². The first-order valence-electron chi connectivity index (χ1n) is 4.47. The van der Waals surface area contributed by atoms with E-state index in [0.717, 1.165) is 0 Å². The molecule has 0 radical (unpaired) electrons. The lowest BCUT2D eigenvalue weighted by atomic mass is 10.1. The first-order chi connectivity index (χ1) is 7.58. The summed E-state index contributed by atoms with van der Waals surface area (Å²) in [6.45, 7) is 0.193. The minimum absolute atomic E-state index is 0.0963. The second-order valence-electron chi connectivity index (χ2n) is 3.36. The van der Waals surface area contributed by atoms with Crippen LogP contribution in [0, 0.1) is 0 Å². The van der Waals surface area contributed by atoms with Gasteiger partial charge in [-0.3, -0.25) is 0 Å². The number of hydrogen-bond donors (Lipinski definition) is 2. The quantitative estimate of drug-likeness (QED) is 0.680. The molecule has 0 amide bonds. The Bertz CT molecular complexity index is 279. The largest absolute Gasteiger partial charge is 0.695 e. The zero-order valence-electron chi connectivity index (χ0n) is 7.96. The third-order valence-corrected chi connectivity index (χ3v) is 3.32. The maximum atomic E-state index is 10.5. The molecule has 2 heterocycles. The van der Waals surface area contributed by atoms with Crippen LogP contribution in [0.5, 0.6) is 0 Å². The molecule has 0 spiro atoms. The van der Waals surface area contributed by atoms with Crippen LogP contribution in [-0.4, -0.2) is 47.4 Å². The molecular weight excluding hydrogens is 262 g/mol. The van der Waals surface area contributed by atoms with Gasteiger partial charge in [-0.25, -0.2) is 0 Å². The Morgan fingerprint density at radius 1 is 0.938 bits per heavy atom. The molecule has 8 nitrogen and oxygen atoms in total. The number of ether oxygens (including phenoxy) is 2. The highest BCUT2D eigenvalue weighted by Gasteiger charge is 2.54. The second-order valence-corrected chi connectivity index (χ2v) is 4.73. The van der Waals surface area contributed by atoms with Gasteiger partial charge in [-0.2, -0.15) is 0 Å². The van der Waals surface area contributed by atoms with Crippen molar-refractivity contribution in [1.82, 2.24) is 0 Å². The molecule has 2 saturated heterocycles. The van der Waals surface area contributed by atoms with Crippen LogP contribution in [0.25, 0.3) is 0 Å². The van der Waals surface area contributed by atoms with Crippen LogP contribution in [0.1, 0.15) is 0 Å². The van der Waals surface area contributed by atoms with Crippen molar-refractivity contribution in [2.45, 2.75) is 24.4 Å². The standard InChI is InChI=1S/C6H8O8P2/c7-15(8)13-3-1-11-6-4(14-16(9)10)2-12-5(3)6/h3-6H,1-2H2/p+2/t3-,4?,5?,6?/m1/s1. The van der Waals surface area contributed by atoms with Gasteiger partial charge in [-0.15, -0.1) is 18.8 Å². The highest BCUT2D eigenvalue weighted by atomic mass is 31.1. The third-order valence-electron chi connectivity index (χ3n) is 2.41. The Morgan fingerprint density at radius 3 is 1.62 bits per heavy atom. The molecule has 6 atom stereocenters. The summed E-state index contributed by atoms with van der Waals surface area (Å²) < 4.78 is 40.9. The monoisotopic (exact) mass is 272 g/mol. The van der Waals surface area contributed by atoms with E-state index < -0.39 is 40.9 Å². The van der Waals surface area contributed by atoms with Crippen molar-refractivity contribution in [3.05, 3.63) is 0 Å². The van der Waals surface area contributed by atoms with Crippen molar-refractivity contribution in [1.29, 1.82) is 0 Å². The molecule has 0 aliphatic carbocycles. The SMILES string of the molecule is O=[P+](O)OC1COC2C1OC[C@H]2O[P+](=O)O. The highest BCUT2D eigenvalue weighted by molar-refractivity contribution is 7.32. The normalized spacial score (nSPS) is 39.6. The van der Waals surface area contributed by atoms with Crippen LogP contribution < -0.4 is 0 Å². The Kier molecular flexibility index (Phi) is 3.94. The second kappa shape index (κ2) is 5.08. The average molecular weight is 272 g/mol. The summed E-state index contributed by atoms with van der Waals surface area (Å²) in [4.78, 5) is 17.2. The lowest BCUT2D eigenvalue weighted by Gasteiger charge is -2.09. The van der Waals surface area contributed by atoms with Crippen LogP contribution in [0.3, 0.4) is 0 Å². The molecule has 0 aromatic carbocycles. The fraction of sp³-hybridized carbons (Fsp3) is 1.00. The Morgan fingerprint density at radius 2 is 1.31 bits per heavy atom. The van der Waals surface area contributed by atoms with Gasteiger partial charge in [0.1, 0.15) is 12.2 Å². The minimum atomic E-state index is -2.72. The number of fused-ring (bicyclic) bond motifs is 1. The number of rotatable bonds is 4. The summed E-state index contributed by atoms with van der Waals surface area (Å²) in [5.74, 6) is 0. The molecule has 0 bridgehead atoms. The van der Waals surface area contributed by atoms with E-state index in [9.17, 15) is 9.13 Å². The summed E-state index contributed by atoms with van der Waals surface area (Å²) in [5, 5.41) is 0. The molecule has 2 aliphatic rings. The molecule has 90 valence electrons. The van der Waals surface area contributed by atoms with Crippen molar-refractivity contribution in [2.75, 3.05) is 13.2 Å². The van der Waals surface area contributed by atoms with Gasteiger partial charge in [0.15, 0.2) is 12.2 Å². The summed E-state index contributed by atoms with van der Waals surface area (Å²) in [6, 6.07) is 0. The first-order valence-corrected chi connectivity index (χ1v) is 6.73. The van der Waals surface area contributed by atoms with Gasteiger partial charge in [0, 0.05) is 9.13 Å². The van der Waals surface area contributed by atoms with Crippen molar-refractivity contribution in [2.24, 2.45) is 0 Å². The van der Waals surface area contributed by atoms with E-state index in [1.807, 2.05) is 0 Å². The van der Waals surface area contributed by atoms with E-state index >= 15 is 0 Å². The average Bonchev–Trinajstić information content (AvgIpc) is 2.70. The zero-order chi connectivity index (χ0) is 11.7. The maximum Gasteiger partial charge on any atom is 0.695 e. The van der Waals surface area contributed by atoms with Crippen molar-refractivity contribution in [3.8, 4) is 0 Å².